The molecule has 2 saturated heterocycles. The molecule has 0 aromatic carbocycles. The Balaban J connectivity index is 1.49. The SMILES string of the molecule is OCC1OC(OC2CC3CCC(O)CC3OC2C2CCC(O)CC2)C(O)C(O)C1O. The first kappa shape index (κ1) is 22.8. The Bertz CT molecular complexity index is 553. The third-order valence-electron chi connectivity index (χ3n) is 7.50. The number of aliphatic hydroxyl groups excluding tert-OH is 6. The summed E-state index contributed by atoms with van der Waals surface area (Å²) in [6.45, 7) is -0.501. The van der Waals surface area contributed by atoms with E-state index in [4.69, 9.17) is 14.2 Å². The summed E-state index contributed by atoms with van der Waals surface area (Å²) in [5, 5.41) is 59.9. The van der Waals surface area contributed by atoms with Gasteiger partial charge < -0.3 is 44.8 Å². The van der Waals surface area contributed by atoms with Gasteiger partial charge in [0.25, 0.3) is 0 Å². The quantitative estimate of drug-likeness (QED) is 0.330. The number of aliphatic hydroxyl groups is 6. The number of ether oxygens (including phenoxy) is 3. The van der Waals surface area contributed by atoms with E-state index in [0.717, 1.165) is 25.7 Å². The van der Waals surface area contributed by atoms with Crippen molar-refractivity contribution < 1.29 is 44.8 Å². The van der Waals surface area contributed by atoms with Crippen molar-refractivity contribution in [2.24, 2.45) is 11.8 Å². The lowest BCUT2D eigenvalue weighted by Crippen LogP contribution is -2.61. The summed E-state index contributed by atoms with van der Waals surface area (Å²) in [5.74, 6) is 0.414. The molecule has 0 bridgehead atoms. The summed E-state index contributed by atoms with van der Waals surface area (Å²) in [5.41, 5.74) is 0. The summed E-state index contributed by atoms with van der Waals surface area (Å²) in [4.78, 5) is 0. The average Bonchev–Trinajstić information content (AvgIpc) is 2.74. The zero-order chi connectivity index (χ0) is 21.4. The number of hydrogen-bond donors (Lipinski definition) is 6. The van der Waals surface area contributed by atoms with Crippen molar-refractivity contribution in [1.29, 1.82) is 0 Å². The molecule has 0 radical (unpaired) electrons. The highest BCUT2D eigenvalue weighted by atomic mass is 16.7. The van der Waals surface area contributed by atoms with Crippen LogP contribution in [0.4, 0.5) is 0 Å². The van der Waals surface area contributed by atoms with Gasteiger partial charge in [-0.15, -0.1) is 0 Å². The summed E-state index contributed by atoms with van der Waals surface area (Å²) < 4.78 is 18.2. The van der Waals surface area contributed by atoms with Gasteiger partial charge in [0.15, 0.2) is 6.29 Å². The van der Waals surface area contributed by atoms with Crippen LogP contribution in [0.5, 0.6) is 0 Å². The maximum Gasteiger partial charge on any atom is 0.187 e. The Labute approximate surface area is 176 Å². The summed E-state index contributed by atoms with van der Waals surface area (Å²) in [6.07, 6.45) is -2.03. The molecule has 0 spiro atoms. The lowest BCUT2D eigenvalue weighted by Gasteiger charge is -2.49. The molecular weight excluding hydrogens is 396 g/mol. The fourth-order valence-electron chi connectivity index (χ4n) is 5.66. The molecule has 2 saturated carbocycles. The standard InChI is InChI=1S/C21H36O9/c22-9-16-17(25)18(26)19(27)21(30-16)29-15-7-11-3-6-13(24)8-14(11)28-20(15)10-1-4-12(23)5-2-10/h10-27H,1-9H2. The fraction of sp³-hybridized carbons (Fsp3) is 1.00. The molecule has 10 atom stereocenters. The average molecular weight is 433 g/mol. The van der Waals surface area contributed by atoms with E-state index >= 15 is 0 Å². The van der Waals surface area contributed by atoms with E-state index in [0.29, 0.717) is 25.7 Å². The zero-order valence-electron chi connectivity index (χ0n) is 17.2. The van der Waals surface area contributed by atoms with Crippen LogP contribution in [0.1, 0.15) is 51.4 Å². The molecule has 6 N–H and O–H groups in total. The van der Waals surface area contributed by atoms with Crippen molar-refractivity contribution in [1.82, 2.24) is 0 Å². The predicted octanol–water partition coefficient (Wildman–Crippen LogP) is -0.959. The maximum absolute atomic E-state index is 10.4. The van der Waals surface area contributed by atoms with Crippen molar-refractivity contribution in [2.45, 2.75) is 113 Å². The lowest BCUT2D eigenvalue weighted by molar-refractivity contribution is -0.330. The Kier molecular flexibility index (Phi) is 7.33. The highest BCUT2D eigenvalue weighted by molar-refractivity contribution is 4.95. The molecule has 0 amide bonds. The second-order valence-electron chi connectivity index (χ2n) is 9.54. The van der Waals surface area contributed by atoms with Crippen molar-refractivity contribution in [3.05, 3.63) is 0 Å². The molecule has 2 aliphatic carbocycles. The van der Waals surface area contributed by atoms with E-state index in [2.05, 4.69) is 0 Å². The van der Waals surface area contributed by atoms with Crippen LogP contribution >= 0.6 is 0 Å². The molecule has 4 rings (SSSR count). The molecular formula is C21H36O9. The van der Waals surface area contributed by atoms with Crippen molar-refractivity contribution in [3.63, 3.8) is 0 Å². The van der Waals surface area contributed by atoms with Crippen LogP contribution in [0.2, 0.25) is 0 Å². The van der Waals surface area contributed by atoms with Crippen molar-refractivity contribution in [3.8, 4) is 0 Å². The molecule has 0 aromatic heterocycles. The molecule has 4 aliphatic rings. The van der Waals surface area contributed by atoms with E-state index in [1.54, 1.807) is 0 Å². The van der Waals surface area contributed by atoms with Crippen LogP contribution < -0.4 is 0 Å². The number of fused-ring (bicyclic) bond motifs is 1. The summed E-state index contributed by atoms with van der Waals surface area (Å²) in [7, 11) is 0. The second kappa shape index (κ2) is 9.64. The van der Waals surface area contributed by atoms with Gasteiger partial charge in [-0.3, -0.25) is 0 Å². The van der Waals surface area contributed by atoms with Crippen LogP contribution in [0, 0.1) is 11.8 Å². The fourth-order valence-corrected chi connectivity index (χ4v) is 5.66. The van der Waals surface area contributed by atoms with Gasteiger partial charge in [-0.05, 0) is 63.2 Å². The van der Waals surface area contributed by atoms with E-state index in [1.807, 2.05) is 0 Å². The van der Waals surface area contributed by atoms with Gasteiger partial charge in [-0.2, -0.15) is 0 Å². The first-order chi connectivity index (χ1) is 14.4. The maximum atomic E-state index is 10.4. The van der Waals surface area contributed by atoms with Gasteiger partial charge >= 0.3 is 0 Å². The van der Waals surface area contributed by atoms with Crippen molar-refractivity contribution in [2.75, 3.05) is 6.61 Å². The van der Waals surface area contributed by atoms with Crippen LogP contribution in [0.3, 0.4) is 0 Å². The van der Waals surface area contributed by atoms with E-state index < -0.39 is 37.3 Å². The van der Waals surface area contributed by atoms with Gasteiger partial charge in [0.05, 0.1) is 37.1 Å². The number of rotatable bonds is 4. The van der Waals surface area contributed by atoms with Gasteiger partial charge in [-0.25, -0.2) is 0 Å². The van der Waals surface area contributed by atoms with E-state index in [1.165, 1.54) is 0 Å². The summed E-state index contributed by atoms with van der Waals surface area (Å²) >= 11 is 0. The Morgan fingerprint density at radius 3 is 2.07 bits per heavy atom. The van der Waals surface area contributed by atoms with Gasteiger partial charge in [0.1, 0.15) is 24.4 Å². The van der Waals surface area contributed by atoms with Gasteiger partial charge in [-0.1, -0.05) is 0 Å². The van der Waals surface area contributed by atoms with Gasteiger partial charge in [0, 0.05) is 0 Å². The topological polar surface area (TPSA) is 149 Å². The molecule has 2 aliphatic heterocycles. The van der Waals surface area contributed by atoms with Crippen LogP contribution in [-0.4, -0.2) is 98.5 Å². The second-order valence-corrected chi connectivity index (χ2v) is 9.54. The first-order valence-corrected chi connectivity index (χ1v) is 11.3. The zero-order valence-corrected chi connectivity index (χ0v) is 17.2. The molecule has 2 heterocycles. The van der Waals surface area contributed by atoms with Crippen LogP contribution in [0.25, 0.3) is 0 Å². The molecule has 174 valence electrons. The molecule has 0 aromatic rings. The van der Waals surface area contributed by atoms with E-state index in [9.17, 15) is 30.6 Å². The van der Waals surface area contributed by atoms with Crippen molar-refractivity contribution >= 4 is 0 Å². The Morgan fingerprint density at radius 1 is 0.700 bits per heavy atom. The smallest absolute Gasteiger partial charge is 0.187 e. The minimum atomic E-state index is -1.48. The van der Waals surface area contributed by atoms with Gasteiger partial charge in [0.2, 0.25) is 0 Å². The Hall–Kier alpha value is -0.360. The molecule has 30 heavy (non-hydrogen) atoms. The lowest BCUT2D eigenvalue weighted by atomic mass is 9.74. The molecule has 4 fully saturated rings. The third kappa shape index (κ3) is 4.69. The normalized spacial score (nSPS) is 52.6. The minimum absolute atomic E-state index is 0.0414. The molecule has 9 nitrogen and oxygen atoms in total. The minimum Gasteiger partial charge on any atom is -0.394 e. The largest absolute Gasteiger partial charge is 0.394 e. The highest BCUT2D eigenvalue weighted by Crippen LogP contribution is 2.43. The van der Waals surface area contributed by atoms with Crippen LogP contribution in [0.15, 0.2) is 0 Å². The Morgan fingerprint density at radius 2 is 1.37 bits per heavy atom. The first-order valence-electron chi connectivity index (χ1n) is 11.3. The number of hydrogen-bond acceptors (Lipinski definition) is 9. The summed E-state index contributed by atoms with van der Waals surface area (Å²) in [6, 6.07) is 0. The highest BCUT2D eigenvalue weighted by Gasteiger charge is 2.49. The monoisotopic (exact) mass is 432 g/mol. The molecule has 10 unspecified atom stereocenters. The predicted molar refractivity (Wildman–Crippen MR) is 103 cm³/mol. The molecule has 9 heteroatoms. The third-order valence-corrected chi connectivity index (χ3v) is 7.50. The van der Waals surface area contributed by atoms with E-state index in [-0.39, 0.29) is 42.4 Å². The van der Waals surface area contributed by atoms with Crippen LogP contribution in [-0.2, 0) is 14.2 Å².